The highest BCUT2D eigenvalue weighted by Gasteiger charge is 2.14. The number of halogens is 1. The van der Waals surface area contributed by atoms with Gasteiger partial charge in [-0.15, -0.1) is 0 Å². The maximum absolute atomic E-state index is 11.7. The second kappa shape index (κ2) is 6.17. The first-order valence-electron chi connectivity index (χ1n) is 5.27. The van der Waals surface area contributed by atoms with Gasteiger partial charge >= 0.3 is 0 Å². The van der Waals surface area contributed by atoms with Crippen LogP contribution in [0.1, 0.15) is 11.1 Å². The van der Waals surface area contributed by atoms with Crippen LogP contribution in [0.2, 0.25) is 5.02 Å². The van der Waals surface area contributed by atoms with Crippen molar-refractivity contribution >= 4 is 27.5 Å². The van der Waals surface area contributed by atoms with Crippen molar-refractivity contribution < 1.29 is 13.2 Å². The number of aryl methyl sites for hydroxylation is 1. The van der Waals surface area contributed by atoms with Gasteiger partial charge in [0.1, 0.15) is 0 Å². The molecule has 0 saturated heterocycles. The molecule has 100 valence electrons. The van der Waals surface area contributed by atoms with Crippen LogP contribution >= 0.6 is 11.6 Å². The number of nitrogens with one attached hydrogen (secondary N) is 2. The van der Waals surface area contributed by atoms with Gasteiger partial charge in [-0.3, -0.25) is 4.79 Å². The quantitative estimate of drug-likeness (QED) is 0.843. The summed E-state index contributed by atoms with van der Waals surface area (Å²) in [4.78, 5) is 11.0. The van der Waals surface area contributed by atoms with E-state index in [1.165, 1.54) is 7.05 Å². The van der Waals surface area contributed by atoms with Crippen molar-refractivity contribution in [3.05, 3.63) is 34.3 Å². The van der Waals surface area contributed by atoms with Crippen molar-refractivity contribution in [2.45, 2.75) is 12.7 Å². The number of benzene rings is 1. The van der Waals surface area contributed by atoms with E-state index in [1.54, 1.807) is 25.1 Å². The largest absolute Gasteiger partial charge is 0.358 e. The molecule has 0 aliphatic carbocycles. The van der Waals surface area contributed by atoms with Gasteiger partial charge in [-0.1, -0.05) is 17.7 Å². The zero-order valence-corrected chi connectivity index (χ0v) is 11.7. The molecule has 0 fully saturated rings. The minimum Gasteiger partial charge on any atom is -0.358 e. The minimum absolute atomic E-state index is 0.198. The molecular formula is C11H15ClN2O3S. The van der Waals surface area contributed by atoms with Crippen molar-refractivity contribution in [1.29, 1.82) is 0 Å². The Morgan fingerprint density at radius 2 is 2.06 bits per heavy atom. The molecule has 0 atom stereocenters. The molecule has 0 spiro atoms. The van der Waals surface area contributed by atoms with E-state index in [0.29, 0.717) is 10.6 Å². The number of likely N-dealkylation sites (N-methyl/N-ethyl adjacent to an activating group) is 1. The standard InChI is InChI=1S/C11H15ClN2O3S/c1-8-3-4-10(12)5-9(8)7-18(16,17)14-6-11(15)13-2/h3-5,14H,6-7H2,1-2H3,(H,13,15). The Kier molecular flexibility index (Phi) is 5.13. The van der Waals surface area contributed by atoms with Crippen LogP contribution in [0.3, 0.4) is 0 Å². The fraction of sp³-hybridized carbons (Fsp3) is 0.364. The van der Waals surface area contributed by atoms with E-state index < -0.39 is 10.0 Å². The monoisotopic (exact) mass is 290 g/mol. The van der Waals surface area contributed by atoms with E-state index in [9.17, 15) is 13.2 Å². The maximum atomic E-state index is 11.7. The minimum atomic E-state index is -3.55. The molecule has 0 heterocycles. The molecule has 0 aliphatic rings. The predicted molar refractivity (Wildman–Crippen MR) is 70.9 cm³/mol. The third kappa shape index (κ3) is 4.64. The number of amides is 1. The number of carbonyl (C=O) groups excluding carboxylic acids is 1. The highest BCUT2D eigenvalue weighted by atomic mass is 35.5. The molecule has 1 aromatic rings. The first-order valence-corrected chi connectivity index (χ1v) is 7.30. The van der Waals surface area contributed by atoms with Crippen molar-refractivity contribution in [1.82, 2.24) is 10.0 Å². The average molecular weight is 291 g/mol. The lowest BCUT2D eigenvalue weighted by atomic mass is 10.1. The number of hydrogen-bond acceptors (Lipinski definition) is 3. The highest BCUT2D eigenvalue weighted by Crippen LogP contribution is 2.17. The summed E-state index contributed by atoms with van der Waals surface area (Å²) in [5.41, 5.74) is 1.46. The van der Waals surface area contributed by atoms with Crippen LogP contribution in [0.5, 0.6) is 0 Å². The molecule has 0 saturated carbocycles. The van der Waals surface area contributed by atoms with E-state index in [2.05, 4.69) is 10.0 Å². The SMILES string of the molecule is CNC(=O)CNS(=O)(=O)Cc1cc(Cl)ccc1C. The molecule has 2 N–H and O–H groups in total. The van der Waals surface area contributed by atoms with Crippen LogP contribution in [0.25, 0.3) is 0 Å². The molecule has 0 aliphatic heterocycles. The lowest BCUT2D eigenvalue weighted by Gasteiger charge is -2.08. The molecule has 18 heavy (non-hydrogen) atoms. The molecule has 0 bridgehead atoms. The van der Waals surface area contributed by atoms with Crippen LogP contribution in [-0.4, -0.2) is 27.9 Å². The molecule has 0 radical (unpaired) electrons. The normalized spacial score (nSPS) is 11.3. The summed E-state index contributed by atoms with van der Waals surface area (Å²) < 4.78 is 25.7. The maximum Gasteiger partial charge on any atom is 0.234 e. The summed E-state index contributed by atoms with van der Waals surface area (Å²) in [7, 11) is -2.11. The van der Waals surface area contributed by atoms with Gasteiger partial charge in [-0.25, -0.2) is 13.1 Å². The molecule has 5 nitrogen and oxygen atoms in total. The lowest BCUT2D eigenvalue weighted by Crippen LogP contribution is -2.35. The predicted octanol–water partition coefficient (Wildman–Crippen LogP) is 0.814. The van der Waals surface area contributed by atoms with E-state index in [1.807, 2.05) is 0 Å². The Morgan fingerprint density at radius 1 is 1.39 bits per heavy atom. The lowest BCUT2D eigenvalue weighted by molar-refractivity contribution is -0.119. The number of rotatable bonds is 5. The van der Waals surface area contributed by atoms with Gasteiger partial charge in [0.15, 0.2) is 0 Å². The van der Waals surface area contributed by atoms with Crippen LogP contribution in [-0.2, 0) is 20.6 Å². The summed E-state index contributed by atoms with van der Waals surface area (Å²) in [6, 6.07) is 5.06. The average Bonchev–Trinajstić information content (AvgIpc) is 2.30. The molecular weight excluding hydrogens is 276 g/mol. The Balaban J connectivity index is 2.76. The zero-order chi connectivity index (χ0) is 13.8. The van der Waals surface area contributed by atoms with E-state index in [-0.39, 0.29) is 18.2 Å². The molecule has 1 rings (SSSR count). The number of hydrogen-bond donors (Lipinski definition) is 2. The summed E-state index contributed by atoms with van der Waals surface area (Å²) in [5.74, 6) is -0.586. The fourth-order valence-electron chi connectivity index (χ4n) is 1.32. The second-order valence-electron chi connectivity index (χ2n) is 3.82. The van der Waals surface area contributed by atoms with Crippen molar-refractivity contribution in [3.8, 4) is 0 Å². The van der Waals surface area contributed by atoms with Crippen molar-refractivity contribution in [2.24, 2.45) is 0 Å². The zero-order valence-electron chi connectivity index (χ0n) is 10.2. The van der Waals surface area contributed by atoms with Crippen LogP contribution in [0.15, 0.2) is 18.2 Å². The summed E-state index contributed by atoms with van der Waals surface area (Å²) in [6.07, 6.45) is 0. The van der Waals surface area contributed by atoms with Crippen molar-refractivity contribution in [2.75, 3.05) is 13.6 Å². The van der Waals surface area contributed by atoms with E-state index in [4.69, 9.17) is 11.6 Å². The van der Waals surface area contributed by atoms with Gasteiger partial charge in [0.05, 0.1) is 12.3 Å². The van der Waals surface area contributed by atoms with Gasteiger partial charge in [0.2, 0.25) is 15.9 Å². The van der Waals surface area contributed by atoms with Crippen LogP contribution in [0.4, 0.5) is 0 Å². The van der Waals surface area contributed by atoms with E-state index >= 15 is 0 Å². The Bertz CT molecular complexity index is 543. The fourth-order valence-corrected chi connectivity index (χ4v) is 2.68. The van der Waals surface area contributed by atoms with Gasteiger partial charge in [-0.05, 0) is 30.2 Å². The Morgan fingerprint density at radius 3 is 2.67 bits per heavy atom. The first kappa shape index (κ1) is 14.9. The third-order valence-electron chi connectivity index (χ3n) is 2.39. The highest BCUT2D eigenvalue weighted by molar-refractivity contribution is 7.88. The third-order valence-corrected chi connectivity index (χ3v) is 3.90. The smallest absolute Gasteiger partial charge is 0.234 e. The first-order chi connectivity index (χ1) is 8.34. The number of carbonyl (C=O) groups is 1. The second-order valence-corrected chi connectivity index (χ2v) is 6.07. The van der Waals surface area contributed by atoms with Crippen LogP contribution in [0, 0.1) is 6.92 Å². The Hall–Kier alpha value is -1.11. The summed E-state index contributed by atoms with van der Waals surface area (Å²) in [5, 5.41) is 2.82. The van der Waals surface area contributed by atoms with Gasteiger partial charge in [0, 0.05) is 12.1 Å². The molecule has 0 unspecified atom stereocenters. The summed E-state index contributed by atoms with van der Waals surface area (Å²) in [6.45, 7) is 1.54. The van der Waals surface area contributed by atoms with E-state index in [0.717, 1.165) is 5.56 Å². The number of sulfonamides is 1. The van der Waals surface area contributed by atoms with Gasteiger partial charge in [-0.2, -0.15) is 0 Å². The summed E-state index contributed by atoms with van der Waals surface area (Å²) >= 11 is 5.82. The molecule has 0 aromatic heterocycles. The van der Waals surface area contributed by atoms with Crippen molar-refractivity contribution in [3.63, 3.8) is 0 Å². The topological polar surface area (TPSA) is 75.3 Å². The Labute approximate surface area is 112 Å². The van der Waals surface area contributed by atoms with Gasteiger partial charge < -0.3 is 5.32 Å². The molecule has 1 aromatic carbocycles. The van der Waals surface area contributed by atoms with Gasteiger partial charge in [0.25, 0.3) is 0 Å². The molecule has 1 amide bonds. The molecule has 7 heteroatoms. The van der Waals surface area contributed by atoms with Crippen LogP contribution < -0.4 is 10.0 Å².